The first-order chi connectivity index (χ1) is 6.75. The predicted molar refractivity (Wildman–Crippen MR) is 53.8 cm³/mol. The number of aryl methyl sites for hydroxylation is 1. The zero-order valence-corrected chi connectivity index (χ0v) is 8.36. The molecular weight excluding hydrogens is 178 g/mol. The molecule has 0 spiro atoms. The van der Waals surface area contributed by atoms with Crippen LogP contribution in [0, 0.1) is 5.92 Å². The lowest BCUT2D eigenvalue weighted by Gasteiger charge is -2.07. The summed E-state index contributed by atoms with van der Waals surface area (Å²) in [4.78, 5) is 11.7. The molecule has 0 radical (unpaired) electrons. The highest BCUT2D eigenvalue weighted by molar-refractivity contribution is 5.91. The summed E-state index contributed by atoms with van der Waals surface area (Å²) in [5.74, 6) is 0.989. The lowest BCUT2D eigenvalue weighted by molar-refractivity contribution is -0.119. The second-order valence-electron chi connectivity index (χ2n) is 3.85. The summed E-state index contributed by atoms with van der Waals surface area (Å²) in [5, 5.41) is 6.94. The van der Waals surface area contributed by atoms with Gasteiger partial charge >= 0.3 is 0 Å². The molecule has 1 aromatic heterocycles. The van der Waals surface area contributed by atoms with Crippen molar-refractivity contribution in [3.05, 3.63) is 12.3 Å². The Morgan fingerprint density at radius 1 is 1.57 bits per heavy atom. The Kier molecular flexibility index (Phi) is 2.52. The molecule has 0 bridgehead atoms. The SMILES string of the molecule is Cn1ccc(NC(=O)C2CCCC2)n1. The highest BCUT2D eigenvalue weighted by atomic mass is 16.2. The largest absolute Gasteiger partial charge is 0.309 e. The first kappa shape index (κ1) is 9.24. The fourth-order valence-corrected chi connectivity index (χ4v) is 1.90. The number of rotatable bonds is 2. The Hall–Kier alpha value is -1.32. The van der Waals surface area contributed by atoms with Crippen LogP contribution in [0.3, 0.4) is 0 Å². The van der Waals surface area contributed by atoms with Crippen molar-refractivity contribution in [1.29, 1.82) is 0 Å². The second-order valence-corrected chi connectivity index (χ2v) is 3.85. The summed E-state index contributed by atoms with van der Waals surface area (Å²) in [6.45, 7) is 0. The van der Waals surface area contributed by atoms with Crippen LogP contribution in [0.5, 0.6) is 0 Å². The van der Waals surface area contributed by atoms with E-state index in [1.54, 1.807) is 4.68 Å². The van der Waals surface area contributed by atoms with Crippen LogP contribution in [0.1, 0.15) is 25.7 Å². The second kappa shape index (κ2) is 3.82. The molecule has 2 rings (SSSR count). The van der Waals surface area contributed by atoms with Gasteiger partial charge in [0.25, 0.3) is 0 Å². The maximum atomic E-state index is 11.7. The molecule has 0 unspecified atom stereocenters. The molecule has 1 aromatic rings. The quantitative estimate of drug-likeness (QED) is 0.774. The van der Waals surface area contributed by atoms with Crippen molar-refractivity contribution in [3.8, 4) is 0 Å². The van der Waals surface area contributed by atoms with Crippen molar-refractivity contribution in [2.75, 3.05) is 5.32 Å². The highest BCUT2D eigenvalue weighted by Crippen LogP contribution is 2.25. The van der Waals surface area contributed by atoms with Crippen LogP contribution in [0.15, 0.2) is 12.3 Å². The van der Waals surface area contributed by atoms with Gasteiger partial charge in [0, 0.05) is 25.2 Å². The Bertz CT molecular complexity index is 326. The first-order valence-corrected chi connectivity index (χ1v) is 5.06. The standard InChI is InChI=1S/C10H15N3O/c1-13-7-6-9(12-13)11-10(14)8-4-2-3-5-8/h6-8H,2-5H2,1H3,(H,11,12,14). The lowest BCUT2D eigenvalue weighted by Crippen LogP contribution is -2.20. The van der Waals surface area contributed by atoms with E-state index >= 15 is 0 Å². The first-order valence-electron chi connectivity index (χ1n) is 5.06. The smallest absolute Gasteiger partial charge is 0.228 e. The average molecular weight is 193 g/mol. The molecule has 1 fully saturated rings. The van der Waals surface area contributed by atoms with E-state index in [2.05, 4.69) is 10.4 Å². The van der Waals surface area contributed by atoms with Crippen LogP contribution < -0.4 is 5.32 Å². The van der Waals surface area contributed by atoms with Crippen molar-refractivity contribution in [2.24, 2.45) is 13.0 Å². The normalized spacial score (nSPS) is 17.2. The maximum absolute atomic E-state index is 11.7. The van der Waals surface area contributed by atoms with E-state index in [-0.39, 0.29) is 11.8 Å². The summed E-state index contributed by atoms with van der Waals surface area (Å²) in [6, 6.07) is 1.81. The number of amides is 1. The molecule has 1 heterocycles. The van der Waals surface area contributed by atoms with Gasteiger partial charge < -0.3 is 5.32 Å². The number of nitrogens with one attached hydrogen (secondary N) is 1. The van der Waals surface area contributed by atoms with Gasteiger partial charge in [-0.1, -0.05) is 12.8 Å². The van der Waals surface area contributed by atoms with Gasteiger partial charge in [-0.2, -0.15) is 5.10 Å². The molecule has 1 aliphatic carbocycles. The van der Waals surface area contributed by atoms with E-state index in [0.29, 0.717) is 5.82 Å². The summed E-state index contributed by atoms with van der Waals surface area (Å²) in [7, 11) is 1.84. The van der Waals surface area contributed by atoms with E-state index in [0.717, 1.165) is 12.8 Å². The van der Waals surface area contributed by atoms with Crippen LogP contribution in [0.2, 0.25) is 0 Å². The molecule has 1 aliphatic rings. The van der Waals surface area contributed by atoms with Crippen LogP contribution in [0.25, 0.3) is 0 Å². The maximum Gasteiger partial charge on any atom is 0.228 e. The van der Waals surface area contributed by atoms with E-state index in [1.807, 2.05) is 19.3 Å². The molecule has 0 atom stereocenters. The molecule has 4 heteroatoms. The fraction of sp³-hybridized carbons (Fsp3) is 0.600. The van der Waals surface area contributed by atoms with Crippen molar-refractivity contribution in [1.82, 2.24) is 9.78 Å². The van der Waals surface area contributed by atoms with Crippen molar-refractivity contribution in [2.45, 2.75) is 25.7 Å². The average Bonchev–Trinajstić information content (AvgIpc) is 2.75. The van der Waals surface area contributed by atoms with E-state index < -0.39 is 0 Å². The van der Waals surface area contributed by atoms with Gasteiger partial charge in [0.1, 0.15) is 0 Å². The molecule has 1 N–H and O–H groups in total. The van der Waals surface area contributed by atoms with Crippen LogP contribution in [-0.2, 0) is 11.8 Å². The summed E-state index contributed by atoms with van der Waals surface area (Å²) in [6.07, 6.45) is 6.24. The highest BCUT2D eigenvalue weighted by Gasteiger charge is 2.22. The molecule has 76 valence electrons. The zero-order chi connectivity index (χ0) is 9.97. The Balaban J connectivity index is 1.93. The molecule has 0 aromatic carbocycles. The predicted octanol–water partition coefficient (Wildman–Crippen LogP) is 1.55. The monoisotopic (exact) mass is 193 g/mol. The number of anilines is 1. The van der Waals surface area contributed by atoms with Gasteiger partial charge in [-0.25, -0.2) is 0 Å². The minimum Gasteiger partial charge on any atom is -0.309 e. The number of carbonyl (C=O) groups excluding carboxylic acids is 1. The van der Waals surface area contributed by atoms with Gasteiger partial charge in [-0.15, -0.1) is 0 Å². The van der Waals surface area contributed by atoms with Crippen LogP contribution in [0.4, 0.5) is 5.82 Å². The number of hydrogen-bond acceptors (Lipinski definition) is 2. The van der Waals surface area contributed by atoms with E-state index in [4.69, 9.17) is 0 Å². The summed E-state index contributed by atoms with van der Waals surface area (Å²) >= 11 is 0. The van der Waals surface area contributed by atoms with Crippen LogP contribution in [-0.4, -0.2) is 15.7 Å². The lowest BCUT2D eigenvalue weighted by atomic mass is 10.1. The summed E-state index contributed by atoms with van der Waals surface area (Å²) < 4.78 is 1.68. The van der Waals surface area contributed by atoms with Gasteiger partial charge in [-0.3, -0.25) is 9.48 Å². The minimum atomic E-state index is 0.126. The van der Waals surface area contributed by atoms with Crippen molar-refractivity contribution < 1.29 is 4.79 Å². The van der Waals surface area contributed by atoms with Gasteiger partial charge in [-0.05, 0) is 12.8 Å². The minimum absolute atomic E-state index is 0.126. The molecule has 1 saturated carbocycles. The Labute approximate surface area is 83.3 Å². The van der Waals surface area contributed by atoms with Crippen LogP contribution >= 0.6 is 0 Å². The third kappa shape index (κ3) is 1.95. The van der Waals surface area contributed by atoms with E-state index in [1.165, 1.54) is 12.8 Å². The third-order valence-corrected chi connectivity index (χ3v) is 2.69. The molecule has 14 heavy (non-hydrogen) atoms. The molecule has 4 nitrogen and oxygen atoms in total. The number of aromatic nitrogens is 2. The van der Waals surface area contributed by atoms with Crippen molar-refractivity contribution >= 4 is 11.7 Å². The van der Waals surface area contributed by atoms with E-state index in [9.17, 15) is 4.79 Å². The third-order valence-electron chi connectivity index (χ3n) is 2.69. The number of nitrogens with zero attached hydrogens (tertiary/aromatic N) is 2. The molecule has 1 amide bonds. The molecule has 0 saturated heterocycles. The van der Waals surface area contributed by atoms with Gasteiger partial charge in [0.2, 0.25) is 5.91 Å². The summed E-state index contributed by atoms with van der Waals surface area (Å²) in [5.41, 5.74) is 0. The van der Waals surface area contributed by atoms with Gasteiger partial charge in [0.05, 0.1) is 0 Å². The molecule has 0 aliphatic heterocycles. The van der Waals surface area contributed by atoms with Crippen molar-refractivity contribution in [3.63, 3.8) is 0 Å². The number of carbonyl (C=O) groups is 1. The van der Waals surface area contributed by atoms with Gasteiger partial charge in [0.15, 0.2) is 5.82 Å². The zero-order valence-electron chi connectivity index (χ0n) is 8.36. The molecular formula is C10H15N3O. The Morgan fingerprint density at radius 2 is 2.29 bits per heavy atom. The Morgan fingerprint density at radius 3 is 2.86 bits per heavy atom. The topological polar surface area (TPSA) is 46.9 Å². The number of hydrogen-bond donors (Lipinski definition) is 1. The fourth-order valence-electron chi connectivity index (χ4n) is 1.90.